The molecule has 0 bridgehead atoms. The maximum atomic E-state index is 12.0. The van der Waals surface area contributed by atoms with E-state index < -0.39 is 5.97 Å². The number of piperazine rings is 1. The predicted octanol–water partition coefficient (Wildman–Crippen LogP) is 0.150. The maximum absolute atomic E-state index is 12.0. The molecule has 17 heavy (non-hydrogen) atoms. The van der Waals surface area contributed by atoms with Crippen LogP contribution in [0.15, 0.2) is 0 Å². The van der Waals surface area contributed by atoms with Gasteiger partial charge >= 0.3 is 12.0 Å². The number of carbonyl (C=O) groups is 2. The van der Waals surface area contributed by atoms with Crippen LogP contribution in [-0.4, -0.2) is 78.6 Å². The third-order valence-corrected chi connectivity index (χ3v) is 2.98. The third kappa shape index (κ3) is 4.60. The molecule has 6 heteroatoms. The van der Waals surface area contributed by atoms with Crippen molar-refractivity contribution in [2.45, 2.75) is 12.8 Å². The van der Waals surface area contributed by atoms with Crippen LogP contribution < -0.4 is 0 Å². The quantitative estimate of drug-likeness (QED) is 0.763. The minimum atomic E-state index is -0.814. The first-order valence-electron chi connectivity index (χ1n) is 5.91. The van der Waals surface area contributed by atoms with Crippen LogP contribution in [0.1, 0.15) is 12.8 Å². The van der Waals surface area contributed by atoms with Crippen molar-refractivity contribution in [3.63, 3.8) is 0 Å². The van der Waals surface area contributed by atoms with Crippen LogP contribution in [0.25, 0.3) is 0 Å². The number of carboxylic acid groups (broad SMARTS) is 1. The Hall–Kier alpha value is -1.30. The molecule has 1 N–H and O–H groups in total. The monoisotopic (exact) mass is 243 g/mol. The van der Waals surface area contributed by atoms with E-state index in [-0.39, 0.29) is 12.5 Å². The molecule has 0 aliphatic carbocycles. The van der Waals surface area contributed by atoms with E-state index in [0.717, 1.165) is 26.2 Å². The van der Waals surface area contributed by atoms with Crippen molar-refractivity contribution >= 4 is 12.0 Å². The molecule has 0 atom stereocenters. The summed E-state index contributed by atoms with van der Waals surface area (Å²) in [4.78, 5) is 27.9. The summed E-state index contributed by atoms with van der Waals surface area (Å²) in [7, 11) is 3.76. The summed E-state index contributed by atoms with van der Waals surface area (Å²) in [5.74, 6) is -0.814. The number of carbonyl (C=O) groups excluding carboxylic acids is 1. The zero-order chi connectivity index (χ0) is 12.8. The van der Waals surface area contributed by atoms with Crippen molar-refractivity contribution < 1.29 is 14.7 Å². The Bertz CT molecular complexity index is 275. The number of amides is 2. The highest BCUT2D eigenvalue weighted by molar-refractivity contribution is 5.74. The lowest BCUT2D eigenvalue weighted by molar-refractivity contribution is -0.137. The lowest BCUT2D eigenvalue weighted by Crippen LogP contribution is -2.51. The smallest absolute Gasteiger partial charge is 0.319 e. The number of carboxylic acids is 1. The lowest BCUT2D eigenvalue weighted by atomic mass is 10.3. The Morgan fingerprint density at radius 1 is 1.24 bits per heavy atom. The molecular weight excluding hydrogens is 222 g/mol. The third-order valence-electron chi connectivity index (χ3n) is 2.98. The molecule has 1 heterocycles. The molecule has 6 nitrogen and oxygen atoms in total. The average molecular weight is 243 g/mol. The van der Waals surface area contributed by atoms with Gasteiger partial charge in [-0.1, -0.05) is 0 Å². The van der Waals surface area contributed by atoms with Gasteiger partial charge in [-0.05, 0) is 13.5 Å². The standard InChI is InChI=1S/C11H21N3O3/c1-12-6-8-14(9-7-12)11(17)13(2)5-3-4-10(15)16/h3-9H2,1-2H3,(H,15,16). The number of aliphatic carboxylic acids is 1. The first-order chi connectivity index (χ1) is 8.00. The topological polar surface area (TPSA) is 64.1 Å². The normalized spacial score (nSPS) is 16.9. The van der Waals surface area contributed by atoms with E-state index in [0.29, 0.717) is 13.0 Å². The van der Waals surface area contributed by atoms with Gasteiger partial charge in [0.25, 0.3) is 0 Å². The van der Waals surface area contributed by atoms with Crippen LogP contribution in [0.5, 0.6) is 0 Å². The van der Waals surface area contributed by atoms with Gasteiger partial charge in [0.2, 0.25) is 0 Å². The molecule has 1 saturated heterocycles. The van der Waals surface area contributed by atoms with Crippen LogP contribution in [0.3, 0.4) is 0 Å². The Balaban J connectivity index is 2.28. The molecule has 0 aromatic carbocycles. The minimum Gasteiger partial charge on any atom is -0.481 e. The highest BCUT2D eigenvalue weighted by atomic mass is 16.4. The van der Waals surface area contributed by atoms with Crippen molar-refractivity contribution in [1.82, 2.24) is 14.7 Å². The fourth-order valence-electron chi connectivity index (χ4n) is 1.80. The van der Waals surface area contributed by atoms with Gasteiger partial charge in [-0.2, -0.15) is 0 Å². The lowest BCUT2D eigenvalue weighted by Gasteiger charge is -2.34. The number of hydrogen-bond acceptors (Lipinski definition) is 3. The molecular formula is C11H21N3O3. The molecule has 0 aromatic heterocycles. The first-order valence-corrected chi connectivity index (χ1v) is 5.91. The molecule has 0 spiro atoms. The average Bonchev–Trinajstić information content (AvgIpc) is 2.28. The van der Waals surface area contributed by atoms with Crippen molar-refractivity contribution in [2.75, 3.05) is 46.8 Å². The summed E-state index contributed by atoms with van der Waals surface area (Å²) < 4.78 is 0. The predicted molar refractivity (Wildman–Crippen MR) is 64.0 cm³/mol. The van der Waals surface area contributed by atoms with Crippen molar-refractivity contribution in [2.24, 2.45) is 0 Å². The highest BCUT2D eigenvalue weighted by Crippen LogP contribution is 2.04. The van der Waals surface area contributed by atoms with E-state index in [1.165, 1.54) is 0 Å². The van der Waals surface area contributed by atoms with Gasteiger partial charge in [0, 0.05) is 46.2 Å². The van der Waals surface area contributed by atoms with E-state index in [1.807, 2.05) is 11.9 Å². The molecule has 0 aromatic rings. The number of nitrogens with zero attached hydrogens (tertiary/aromatic N) is 3. The van der Waals surface area contributed by atoms with E-state index in [2.05, 4.69) is 4.90 Å². The Morgan fingerprint density at radius 2 is 1.82 bits per heavy atom. The van der Waals surface area contributed by atoms with Gasteiger partial charge in [-0.15, -0.1) is 0 Å². The van der Waals surface area contributed by atoms with E-state index in [9.17, 15) is 9.59 Å². The Labute approximate surface area is 102 Å². The SMILES string of the molecule is CN1CCN(C(=O)N(C)CCCC(=O)O)CC1. The van der Waals surface area contributed by atoms with E-state index in [1.54, 1.807) is 11.9 Å². The zero-order valence-corrected chi connectivity index (χ0v) is 10.6. The minimum absolute atomic E-state index is 0.00323. The number of rotatable bonds is 4. The molecule has 1 rings (SSSR count). The van der Waals surface area contributed by atoms with Crippen LogP contribution in [0.4, 0.5) is 4.79 Å². The van der Waals surface area contributed by atoms with Crippen LogP contribution in [0.2, 0.25) is 0 Å². The van der Waals surface area contributed by atoms with Gasteiger partial charge in [0.15, 0.2) is 0 Å². The van der Waals surface area contributed by atoms with Gasteiger partial charge in [0.05, 0.1) is 0 Å². The molecule has 1 fully saturated rings. The molecule has 1 aliphatic heterocycles. The van der Waals surface area contributed by atoms with Crippen LogP contribution in [0, 0.1) is 0 Å². The Morgan fingerprint density at radius 3 is 2.35 bits per heavy atom. The second-order valence-corrected chi connectivity index (χ2v) is 4.49. The maximum Gasteiger partial charge on any atom is 0.319 e. The van der Waals surface area contributed by atoms with Gasteiger partial charge in [-0.3, -0.25) is 4.79 Å². The summed E-state index contributed by atoms with van der Waals surface area (Å²) in [6.45, 7) is 3.79. The summed E-state index contributed by atoms with van der Waals surface area (Å²) >= 11 is 0. The molecule has 98 valence electrons. The summed E-state index contributed by atoms with van der Waals surface area (Å²) in [5, 5.41) is 8.52. The van der Waals surface area contributed by atoms with E-state index >= 15 is 0 Å². The fraction of sp³-hybridized carbons (Fsp3) is 0.818. The van der Waals surface area contributed by atoms with Crippen molar-refractivity contribution in [3.8, 4) is 0 Å². The van der Waals surface area contributed by atoms with Crippen molar-refractivity contribution in [1.29, 1.82) is 0 Å². The summed E-state index contributed by atoms with van der Waals surface area (Å²) in [5.41, 5.74) is 0. The molecule has 1 aliphatic rings. The van der Waals surface area contributed by atoms with Gasteiger partial charge < -0.3 is 19.8 Å². The molecule has 0 unspecified atom stereocenters. The largest absolute Gasteiger partial charge is 0.481 e. The molecule has 0 saturated carbocycles. The highest BCUT2D eigenvalue weighted by Gasteiger charge is 2.21. The van der Waals surface area contributed by atoms with Gasteiger partial charge in [-0.25, -0.2) is 4.79 Å². The Kier molecular flexibility index (Phi) is 5.21. The van der Waals surface area contributed by atoms with Crippen molar-refractivity contribution in [3.05, 3.63) is 0 Å². The summed E-state index contributed by atoms with van der Waals surface area (Å²) in [6, 6.07) is 0.00323. The van der Waals surface area contributed by atoms with Crippen LogP contribution in [-0.2, 0) is 4.79 Å². The molecule has 0 radical (unpaired) electrons. The molecule has 2 amide bonds. The second kappa shape index (κ2) is 6.44. The summed E-state index contributed by atoms with van der Waals surface area (Å²) in [6.07, 6.45) is 0.617. The van der Waals surface area contributed by atoms with Gasteiger partial charge in [0.1, 0.15) is 0 Å². The van der Waals surface area contributed by atoms with Crippen LogP contribution >= 0.6 is 0 Å². The fourth-order valence-corrected chi connectivity index (χ4v) is 1.80. The second-order valence-electron chi connectivity index (χ2n) is 4.49. The zero-order valence-electron chi connectivity index (χ0n) is 10.6. The number of hydrogen-bond donors (Lipinski definition) is 1. The number of likely N-dealkylation sites (N-methyl/N-ethyl adjacent to an activating group) is 1. The van der Waals surface area contributed by atoms with E-state index in [4.69, 9.17) is 5.11 Å². The first kappa shape index (κ1) is 13.8. The number of urea groups is 1.